The zero-order valence-electron chi connectivity index (χ0n) is 21.1. The molecule has 4 atom stereocenters. The van der Waals surface area contributed by atoms with Crippen LogP contribution in [-0.4, -0.2) is 21.9 Å². The maximum absolute atomic E-state index is 14.2. The Hall–Kier alpha value is -3.39. The lowest BCUT2D eigenvalue weighted by Crippen LogP contribution is -2.49. The lowest BCUT2D eigenvalue weighted by molar-refractivity contribution is -0.196. The highest BCUT2D eigenvalue weighted by Gasteiger charge is 2.56. The summed E-state index contributed by atoms with van der Waals surface area (Å²) in [6.45, 7) is 2.07. The third-order valence-corrected chi connectivity index (χ3v) is 8.83. The summed E-state index contributed by atoms with van der Waals surface area (Å²) in [5.41, 5.74) is 4.51. The van der Waals surface area contributed by atoms with Gasteiger partial charge < -0.3 is 5.32 Å². The van der Waals surface area contributed by atoms with Crippen LogP contribution in [0.1, 0.15) is 37.4 Å². The normalized spacial score (nSPS) is 26.1. The Morgan fingerprint density at radius 2 is 1.85 bits per heavy atom. The predicted octanol–water partition coefficient (Wildman–Crippen LogP) is 7.78. The molecule has 6 rings (SSSR count). The Balaban J connectivity index is 1.35. The van der Waals surface area contributed by atoms with E-state index in [-0.39, 0.29) is 12.2 Å². The van der Waals surface area contributed by atoms with Crippen molar-refractivity contribution in [3.8, 4) is 5.69 Å². The number of anilines is 1. The fourth-order valence-corrected chi connectivity index (χ4v) is 6.82. The number of amides is 1. The number of halogens is 5. The highest BCUT2D eigenvalue weighted by Crippen LogP contribution is 2.59. The fraction of sp³-hybridized carbons (Fsp3) is 0.333. The van der Waals surface area contributed by atoms with Crippen molar-refractivity contribution >= 4 is 29.3 Å². The molecule has 9 heteroatoms. The molecule has 202 valence electrons. The number of nitrogens with zero attached hydrogens (tertiary/aromatic N) is 2. The third-order valence-electron chi connectivity index (χ3n) is 8.58. The first-order valence-electron chi connectivity index (χ1n) is 12.9. The van der Waals surface area contributed by atoms with Gasteiger partial charge in [-0.05, 0) is 91.8 Å². The van der Waals surface area contributed by atoms with E-state index < -0.39 is 35.3 Å². The van der Waals surface area contributed by atoms with Gasteiger partial charge in [0.2, 0.25) is 5.91 Å². The van der Waals surface area contributed by atoms with Crippen molar-refractivity contribution in [3.05, 3.63) is 94.0 Å². The van der Waals surface area contributed by atoms with Gasteiger partial charge in [0.25, 0.3) is 0 Å². The van der Waals surface area contributed by atoms with Crippen molar-refractivity contribution < 1.29 is 22.4 Å². The van der Waals surface area contributed by atoms with E-state index >= 15 is 0 Å². The van der Waals surface area contributed by atoms with Crippen LogP contribution in [-0.2, 0) is 11.2 Å². The van der Waals surface area contributed by atoms with Gasteiger partial charge in [0.15, 0.2) is 0 Å². The number of aromatic nitrogens is 2. The summed E-state index contributed by atoms with van der Waals surface area (Å²) in [7, 11) is 0. The Labute approximate surface area is 228 Å². The van der Waals surface area contributed by atoms with Crippen molar-refractivity contribution in [3.63, 3.8) is 0 Å². The molecule has 3 aromatic rings. The van der Waals surface area contributed by atoms with Crippen LogP contribution in [0.15, 0.2) is 72.0 Å². The van der Waals surface area contributed by atoms with E-state index in [9.17, 15) is 22.4 Å². The van der Waals surface area contributed by atoms with Crippen LogP contribution in [0.3, 0.4) is 0 Å². The van der Waals surface area contributed by atoms with Gasteiger partial charge in [0.1, 0.15) is 5.82 Å². The highest BCUT2D eigenvalue weighted by molar-refractivity contribution is 6.30. The van der Waals surface area contributed by atoms with E-state index in [4.69, 9.17) is 11.6 Å². The molecule has 2 aromatic carbocycles. The summed E-state index contributed by atoms with van der Waals surface area (Å²) < 4.78 is 58.0. The van der Waals surface area contributed by atoms with E-state index in [1.165, 1.54) is 12.1 Å². The average Bonchev–Trinajstić information content (AvgIpc) is 3.29. The maximum Gasteiger partial charge on any atom is 0.392 e. The Kier molecular flexibility index (Phi) is 6.21. The maximum atomic E-state index is 14.2. The van der Waals surface area contributed by atoms with Gasteiger partial charge in [-0.15, -0.1) is 0 Å². The molecule has 1 unspecified atom stereocenters. The molecule has 1 aromatic heterocycles. The summed E-state index contributed by atoms with van der Waals surface area (Å²) in [6.07, 6.45) is 2.42. The lowest BCUT2D eigenvalue weighted by Gasteiger charge is -2.50. The van der Waals surface area contributed by atoms with Gasteiger partial charge in [0.05, 0.1) is 29.4 Å². The van der Waals surface area contributed by atoms with E-state index in [2.05, 4.69) is 23.4 Å². The van der Waals surface area contributed by atoms with Crippen molar-refractivity contribution in [1.82, 2.24) is 9.78 Å². The van der Waals surface area contributed by atoms with Crippen LogP contribution in [0.5, 0.6) is 0 Å². The Morgan fingerprint density at radius 3 is 2.54 bits per heavy atom. The number of rotatable bonds is 3. The molecule has 1 N–H and O–H groups in total. The fourth-order valence-electron chi connectivity index (χ4n) is 6.69. The lowest BCUT2D eigenvalue weighted by atomic mass is 9.54. The van der Waals surface area contributed by atoms with E-state index in [1.807, 2.05) is 0 Å². The molecule has 39 heavy (non-hydrogen) atoms. The second-order valence-electron chi connectivity index (χ2n) is 10.8. The van der Waals surface area contributed by atoms with Gasteiger partial charge in [-0.1, -0.05) is 35.7 Å². The SMILES string of the molecule is C[C@]12Cc3cnn(-c4ccc(F)cc4)c3C=C1CC[C@H]1C2=CC[C@@H](C(F)(F)F)C1C(=O)Nc1ccc(Cl)cc1. The number of allylic oxidation sites excluding steroid dienone is 3. The Bertz CT molecular complexity index is 1490. The minimum absolute atomic E-state index is 0.237. The van der Waals surface area contributed by atoms with Gasteiger partial charge in [-0.2, -0.15) is 18.3 Å². The van der Waals surface area contributed by atoms with Crippen LogP contribution in [0.4, 0.5) is 23.2 Å². The van der Waals surface area contributed by atoms with Crippen molar-refractivity contribution in [2.75, 3.05) is 5.32 Å². The average molecular weight is 556 g/mol. The largest absolute Gasteiger partial charge is 0.392 e. The Morgan fingerprint density at radius 1 is 1.13 bits per heavy atom. The van der Waals surface area contributed by atoms with Gasteiger partial charge in [-0.3, -0.25) is 4.79 Å². The number of carbonyl (C=O) groups excluding carboxylic acids is 1. The van der Waals surface area contributed by atoms with Crippen molar-refractivity contribution in [2.24, 2.45) is 23.2 Å². The van der Waals surface area contributed by atoms with Crippen LogP contribution in [0.25, 0.3) is 11.8 Å². The predicted molar refractivity (Wildman–Crippen MR) is 142 cm³/mol. The first-order chi connectivity index (χ1) is 18.5. The first kappa shape index (κ1) is 25.9. The molecule has 4 nitrogen and oxygen atoms in total. The molecule has 0 aliphatic heterocycles. The molecule has 0 spiro atoms. The van der Waals surface area contributed by atoms with E-state index in [1.54, 1.807) is 53.4 Å². The van der Waals surface area contributed by atoms with Crippen molar-refractivity contribution in [2.45, 2.75) is 38.8 Å². The number of benzene rings is 2. The molecule has 0 bridgehead atoms. The quantitative estimate of drug-likeness (QED) is 0.265. The molecule has 1 amide bonds. The number of alkyl halides is 3. The first-order valence-corrected chi connectivity index (χ1v) is 13.3. The number of hydrogen-bond donors (Lipinski definition) is 1. The zero-order valence-corrected chi connectivity index (χ0v) is 21.9. The molecule has 3 aliphatic carbocycles. The monoisotopic (exact) mass is 555 g/mol. The number of nitrogens with one attached hydrogen (secondary N) is 1. The molecular weight excluding hydrogens is 530 g/mol. The third kappa shape index (κ3) is 4.48. The van der Waals surface area contributed by atoms with Crippen LogP contribution in [0.2, 0.25) is 5.02 Å². The highest BCUT2D eigenvalue weighted by atomic mass is 35.5. The summed E-state index contributed by atoms with van der Waals surface area (Å²) in [5.74, 6) is -4.48. The molecule has 0 radical (unpaired) electrons. The summed E-state index contributed by atoms with van der Waals surface area (Å²) in [4.78, 5) is 13.5. The molecule has 0 saturated heterocycles. The molecule has 1 fully saturated rings. The minimum atomic E-state index is -4.50. The second kappa shape index (κ2) is 9.37. The van der Waals surface area contributed by atoms with Gasteiger partial charge >= 0.3 is 6.18 Å². The molecule has 1 heterocycles. The van der Waals surface area contributed by atoms with E-state index in [0.29, 0.717) is 30.0 Å². The van der Waals surface area contributed by atoms with Crippen LogP contribution >= 0.6 is 11.6 Å². The number of fused-ring (bicyclic) bond motifs is 4. The molecule has 1 saturated carbocycles. The smallest absolute Gasteiger partial charge is 0.326 e. The zero-order chi connectivity index (χ0) is 27.5. The van der Waals surface area contributed by atoms with Crippen LogP contribution < -0.4 is 5.32 Å². The number of hydrogen-bond acceptors (Lipinski definition) is 2. The van der Waals surface area contributed by atoms with Gasteiger partial charge in [-0.25, -0.2) is 9.07 Å². The van der Waals surface area contributed by atoms with E-state index in [0.717, 1.165) is 28.1 Å². The topological polar surface area (TPSA) is 46.9 Å². The molecule has 3 aliphatic rings. The second-order valence-corrected chi connectivity index (χ2v) is 11.3. The summed E-state index contributed by atoms with van der Waals surface area (Å²) in [6, 6.07) is 12.5. The minimum Gasteiger partial charge on any atom is -0.326 e. The number of carbonyl (C=O) groups is 1. The van der Waals surface area contributed by atoms with Crippen molar-refractivity contribution in [1.29, 1.82) is 0 Å². The van der Waals surface area contributed by atoms with Gasteiger partial charge in [0, 0.05) is 16.1 Å². The summed E-state index contributed by atoms with van der Waals surface area (Å²) in [5, 5.41) is 7.73. The molecular formula is C30H26ClF4N3O. The van der Waals surface area contributed by atoms with Crippen LogP contribution in [0, 0.1) is 29.0 Å². The summed E-state index contributed by atoms with van der Waals surface area (Å²) >= 11 is 5.93. The standard InChI is InChI=1S/C30H26ClF4N3O/c1-29-15-17-16-36-38(22-9-5-20(32)6-10-22)26(17)14-18(29)2-11-23-24(29)12-13-25(30(33,34)35)27(23)28(39)37-21-7-3-19(31)4-8-21/h3-10,12,14,16,23,25,27H,2,11,13,15H2,1H3,(H,37,39)/t23-,25+,27?,29-/m0/s1.